The van der Waals surface area contributed by atoms with E-state index in [1.807, 2.05) is 30.3 Å². The summed E-state index contributed by atoms with van der Waals surface area (Å²) in [6, 6.07) is 15.4. The minimum atomic E-state index is -0.262. The second kappa shape index (κ2) is 9.48. The smallest absolute Gasteiger partial charge is 0.243 e. The van der Waals surface area contributed by atoms with E-state index in [0.717, 1.165) is 59.1 Å². The van der Waals surface area contributed by atoms with Crippen molar-refractivity contribution in [1.29, 1.82) is 0 Å². The highest BCUT2D eigenvalue weighted by Crippen LogP contribution is 2.32. The molecule has 0 unspecified atom stereocenters. The van der Waals surface area contributed by atoms with Crippen molar-refractivity contribution >= 4 is 27.8 Å². The number of nitrogens with one attached hydrogen (secondary N) is 1. The minimum Gasteiger partial charge on any atom is -0.352 e. The van der Waals surface area contributed by atoms with E-state index in [-0.39, 0.29) is 18.3 Å². The van der Waals surface area contributed by atoms with Gasteiger partial charge in [-0.2, -0.15) is 0 Å². The number of benzene rings is 2. The topological polar surface area (TPSA) is 53.9 Å². The zero-order valence-electron chi connectivity index (χ0n) is 20.2. The Morgan fingerprint density at radius 2 is 1.63 bits per heavy atom. The molecule has 0 atom stereocenters. The van der Waals surface area contributed by atoms with Gasteiger partial charge >= 0.3 is 0 Å². The molecule has 6 heteroatoms. The number of para-hydroxylation sites is 2. The second-order valence-electron chi connectivity index (χ2n) is 10.3. The van der Waals surface area contributed by atoms with Gasteiger partial charge in [-0.15, -0.1) is 0 Å². The largest absolute Gasteiger partial charge is 0.352 e. The van der Waals surface area contributed by atoms with Crippen LogP contribution in [0.1, 0.15) is 64.2 Å². The molecule has 2 saturated carbocycles. The van der Waals surface area contributed by atoms with Gasteiger partial charge in [-0.3, -0.25) is 4.79 Å². The molecule has 2 fully saturated rings. The van der Waals surface area contributed by atoms with Crippen molar-refractivity contribution in [2.24, 2.45) is 0 Å². The SMILES string of the molecule is O=C(Cn1c(-c2cc3cc(F)ccc3[nH]2)nc2ccccc21)N(C1CCCCC1)C1CCCCC1. The van der Waals surface area contributed by atoms with Gasteiger partial charge in [0, 0.05) is 23.0 Å². The lowest BCUT2D eigenvalue weighted by atomic mass is 9.88. The lowest BCUT2D eigenvalue weighted by Gasteiger charge is -2.42. The molecule has 1 amide bonds. The van der Waals surface area contributed by atoms with Crippen LogP contribution in [0.3, 0.4) is 0 Å². The number of hydrogen-bond acceptors (Lipinski definition) is 2. The number of H-pyrrole nitrogens is 1. The number of amides is 1. The highest BCUT2D eigenvalue weighted by Gasteiger charge is 2.33. The normalized spacial score (nSPS) is 17.9. The van der Waals surface area contributed by atoms with Gasteiger partial charge in [-0.1, -0.05) is 50.7 Å². The fourth-order valence-corrected chi connectivity index (χ4v) is 6.31. The van der Waals surface area contributed by atoms with Gasteiger partial charge in [0.15, 0.2) is 5.82 Å². The molecule has 0 spiro atoms. The number of aromatic nitrogens is 3. The number of carbonyl (C=O) groups excluding carboxylic acids is 1. The van der Waals surface area contributed by atoms with E-state index in [4.69, 9.17) is 4.98 Å². The first kappa shape index (κ1) is 22.3. The Hall–Kier alpha value is -3.15. The van der Waals surface area contributed by atoms with E-state index < -0.39 is 0 Å². The number of aromatic amines is 1. The van der Waals surface area contributed by atoms with E-state index in [9.17, 15) is 9.18 Å². The predicted octanol–water partition coefficient (Wildman–Crippen LogP) is 6.82. The first-order valence-electron chi connectivity index (χ1n) is 13.2. The maximum atomic E-state index is 14.1. The average Bonchev–Trinajstić information content (AvgIpc) is 3.47. The molecule has 35 heavy (non-hydrogen) atoms. The summed E-state index contributed by atoms with van der Waals surface area (Å²) in [7, 11) is 0. The predicted molar refractivity (Wildman–Crippen MR) is 138 cm³/mol. The Bertz CT molecular complexity index is 1330. The summed E-state index contributed by atoms with van der Waals surface area (Å²) >= 11 is 0. The van der Waals surface area contributed by atoms with Crippen molar-refractivity contribution < 1.29 is 9.18 Å². The van der Waals surface area contributed by atoms with Crippen LogP contribution < -0.4 is 0 Å². The van der Waals surface area contributed by atoms with Gasteiger partial charge in [0.25, 0.3) is 0 Å². The Morgan fingerprint density at radius 3 is 2.34 bits per heavy atom. The fourth-order valence-electron chi connectivity index (χ4n) is 6.31. The molecule has 2 aromatic carbocycles. The van der Waals surface area contributed by atoms with E-state index in [1.54, 1.807) is 6.07 Å². The third kappa shape index (κ3) is 4.35. The Balaban J connectivity index is 1.39. The Morgan fingerprint density at radius 1 is 0.943 bits per heavy atom. The van der Waals surface area contributed by atoms with Crippen LogP contribution in [0.25, 0.3) is 33.5 Å². The van der Waals surface area contributed by atoms with Crippen LogP contribution in [0.4, 0.5) is 4.39 Å². The number of halogens is 1. The third-order valence-electron chi connectivity index (χ3n) is 8.00. The van der Waals surface area contributed by atoms with E-state index in [0.29, 0.717) is 12.1 Å². The van der Waals surface area contributed by atoms with Crippen molar-refractivity contribution in [2.75, 3.05) is 0 Å². The molecule has 0 radical (unpaired) electrons. The van der Waals surface area contributed by atoms with E-state index in [1.165, 1.54) is 50.7 Å². The highest BCUT2D eigenvalue weighted by atomic mass is 19.1. The molecule has 0 saturated heterocycles. The third-order valence-corrected chi connectivity index (χ3v) is 8.00. The quantitative estimate of drug-likeness (QED) is 0.347. The zero-order chi connectivity index (χ0) is 23.8. The molecule has 6 rings (SSSR count). The van der Waals surface area contributed by atoms with Crippen molar-refractivity contribution in [3.63, 3.8) is 0 Å². The summed E-state index contributed by atoms with van der Waals surface area (Å²) in [6.45, 7) is 0.270. The number of rotatable bonds is 5. The maximum Gasteiger partial charge on any atom is 0.243 e. The molecule has 182 valence electrons. The van der Waals surface area contributed by atoms with Gasteiger partial charge in [-0.05, 0) is 62.1 Å². The van der Waals surface area contributed by atoms with Crippen LogP contribution in [0.2, 0.25) is 0 Å². The van der Waals surface area contributed by atoms with Gasteiger partial charge in [-0.25, -0.2) is 9.37 Å². The summed E-state index contributed by atoms with van der Waals surface area (Å²) in [5, 5.41) is 0.802. The molecule has 2 aromatic heterocycles. The van der Waals surface area contributed by atoms with Gasteiger partial charge in [0.05, 0.1) is 16.7 Å². The molecule has 2 aliphatic carbocycles. The van der Waals surface area contributed by atoms with Crippen LogP contribution in [0.15, 0.2) is 48.5 Å². The number of carbonyl (C=O) groups is 1. The second-order valence-corrected chi connectivity index (χ2v) is 10.3. The molecule has 0 bridgehead atoms. The van der Waals surface area contributed by atoms with Crippen molar-refractivity contribution in [2.45, 2.75) is 82.8 Å². The average molecular weight is 473 g/mol. The number of fused-ring (bicyclic) bond motifs is 2. The van der Waals surface area contributed by atoms with Gasteiger partial charge in [0.1, 0.15) is 12.4 Å². The van der Waals surface area contributed by atoms with Crippen molar-refractivity contribution in [3.05, 3.63) is 54.3 Å². The van der Waals surface area contributed by atoms with E-state index in [2.05, 4.69) is 14.5 Å². The molecule has 2 aliphatic rings. The number of imidazole rings is 1. The molecule has 5 nitrogen and oxygen atoms in total. The van der Waals surface area contributed by atoms with Crippen LogP contribution in [0, 0.1) is 5.82 Å². The summed E-state index contributed by atoms with van der Waals surface area (Å²) in [4.78, 5) is 24.6. The molecule has 1 N–H and O–H groups in total. The Labute approximate surface area is 205 Å². The summed E-state index contributed by atoms with van der Waals surface area (Å²) < 4.78 is 15.9. The first-order valence-corrected chi connectivity index (χ1v) is 13.2. The summed E-state index contributed by atoms with van der Waals surface area (Å²) in [5.74, 6) is 0.668. The van der Waals surface area contributed by atoms with Gasteiger partial charge in [0.2, 0.25) is 5.91 Å². The highest BCUT2D eigenvalue weighted by molar-refractivity contribution is 5.88. The fraction of sp³-hybridized carbons (Fsp3) is 0.448. The van der Waals surface area contributed by atoms with Crippen molar-refractivity contribution in [3.8, 4) is 11.5 Å². The van der Waals surface area contributed by atoms with Gasteiger partial charge < -0.3 is 14.5 Å². The number of hydrogen-bond donors (Lipinski definition) is 1. The standard InChI is InChI=1S/C29H33FN4O/c30-21-15-16-24-20(17-21)18-26(31-24)29-32-25-13-7-8-14-27(25)33(29)19-28(35)34(22-9-3-1-4-10-22)23-11-5-2-6-12-23/h7-8,13-18,22-23,31H,1-6,9-12,19H2. The van der Waals surface area contributed by atoms with Crippen LogP contribution >= 0.6 is 0 Å². The lowest BCUT2D eigenvalue weighted by Crippen LogP contribution is -2.50. The zero-order valence-corrected chi connectivity index (χ0v) is 20.2. The summed E-state index contributed by atoms with van der Waals surface area (Å²) in [6.07, 6.45) is 11.9. The van der Waals surface area contributed by atoms with Crippen molar-refractivity contribution in [1.82, 2.24) is 19.4 Å². The molecule has 4 aromatic rings. The van der Waals surface area contributed by atoms with E-state index >= 15 is 0 Å². The van der Waals surface area contributed by atoms with Crippen LogP contribution in [0.5, 0.6) is 0 Å². The Kier molecular flexibility index (Phi) is 6.05. The number of nitrogens with zero attached hydrogens (tertiary/aromatic N) is 3. The van der Waals surface area contributed by atoms with Crippen LogP contribution in [-0.4, -0.2) is 37.4 Å². The molecular formula is C29H33FN4O. The first-order chi connectivity index (χ1) is 17.2. The molecule has 2 heterocycles. The minimum absolute atomic E-state index is 0.204. The lowest BCUT2D eigenvalue weighted by molar-refractivity contribution is -0.138. The molecule has 0 aliphatic heterocycles. The van der Waals surface area contributed by atoms with Crippen LogP contribution in [-0.2, 0) is 11.3 Å². The monoisotopic (exact) mass is 472 g/mol. The maximum absolute atomic E-state index is 14.1. The summed E-state index contributed by atoms with van der Waals surface area (Å²) in [5.41, 5.74) is 3.48. The molecular weight excluding hydrogens is 439 g/mol.